The number of halogens is 3. The number of nitrogens with two attached hydrogens (primary N) is 1. The Morgan fingerprint density at radius 1 is 1.20 bits per heavy atom. The highest BCUT2D eigenvalue weighted by atomic mass is 35.5. The molecule has 0 spiro atoms. The molecule has 2 N–H and O–H groups in total. The highest BCUT2D eigenvalue weighted by Gasteiger charge is 2.10. The smallest absolute Gasteiger partial charge is 0.165 e. The molecule has 0 bridgehead atoms. The summed E-state index contributed by atoms with van der Waals surface area (Å²) in [6, 6.07) is 9.59. The number of benzene rings is 2. The van der Waals surface area contributed by atoms with E-state index in [1.54, 1.807) is 37.3 Å². The number of rotatable bonds is 4. The number of hydrogen-bond acceptors (Lipinski definition) is 2. The minimum absolute atomic E-state index is 0.104. The van der Waals surface area contributed by atoms with E-state index < -0.39 is 5.82 Å². The van der Waals surface area contributed by atoms with Crippen molar-refractivity contribution in [3.05, 3.63) is 63.4 Å². The van der Waals surface area contributed by atoms with Crippen molar-refractivity contribution in [3.8, 4) is 5.75 Å². The molecule has 1 atom stereocenters. The van der Waals surface area contributed by atoms with Gasteiger partial charge in [0.05, 0.1) is 0 Å². The Labute approximate surface area is 127 Å². The predicted octanol–water partition coefficient (Wildman–Crippen LogP) is 4.73. The molecular formula is C15H14Cl2FNO. The second-order valence-electron chi connectivity index (χ2n) is 4.47. The molecule has 2 nitrogen and oxygen atoms in total. The third-order valence-electron chi connectivity index (χ3n) is 2.92. The zero-order valence-corrected chi connectivity index (χ0v) is 12.4. The van der Waals surface area contributed by atoms with E-state index in [4.69, 9.17) is 33.7 Å². The van der Waals surface area contributed by atoms with Gasteiger partial charge in [0.2, 0.25) is 0 Å². The Hall–Kier alpha value is -1.29. The number of ether oxygens (including phenoxy) is 1. The lowest BCUT2D eigenvalue weighted by molar-refractivity contribution is 0.290. The van der Waals surface area contributed by atoms with Crippen LogP contribution in [0.15, 0.2) is 36.4 Å². The predicted molar refractivity (Wildman–Crippen MR) is 79.8 cm³/mol. The molecule has 0 aliphatic carbocycles. The molecular weight excluding hydrogens is 300 g/mol. The van der Waals surface area contributed by atoms with Crippen molar-refractivity contribution >= 4 is 23.2 Å². The summed E-state index contributed by atoms with van der Waals surface area (Å²) in [5.74, 6) is -0.312. The van der Waals surface area contributed by atoms with Crippen LogP contribution in [0.3, 0.4) is 0 Å². The zero-order chi connectivity index (χ0) is 14.7. The summed E-state index contributed by atoms with van der Waals surface area (Å²) in [5, 5.41) is 0.982. The highest BCUT2D eigenvalue weighted by Crippen LogP contribution is 2.27. The van der Waals surface area contributed by atoms with Gasteiger partial charge < -0.3 is 10.5 Å². The van der Waals surface area contributed by atoms with E-state index in [1.165, 1.54) is 6.07 Å². The van der Waals surface area contributed by atoms with E-state index >= 15 is 0 Å². The van der Waals surface area contributed by atoms with Crippen LogP contribution >= 0.6 is 23.2 Å². The van der Waals surface area contributed by atoms with E-state index in [2.05, 4.69) is 0 Å². The van der Waals surface area contributed by atoms with Crippen LogP contribution in [-0.4, -0.2) is 0 Å². The highest BCUT2D eigenvalue weighted by molar-refractivity contribution is 6.35. The van der Waals surface area contributed by atoms with Gasteiger partial charge in [0.1, 0.15) is 6.61 Å². The Kier molecular flexibility index (Phi) is 4.86. The lowest BCUT2D eigenvalue weighted by atomic mass is 10.1. The van der Waals surface area contributed by atoms with Gasteiger partial charge in [0.15, 0.2) is 11.6 Å². The van der Waals surface area contributed by atoms with Crippen LogP contribution in [0.2, 0.25) is 10.0 Å². The molecule has 5 heteroatoms. The normalized spacial score (nSPS) is 12.2. The SMILES string of the molecule is CC(N)c1ccc(OCc2c(Cl)cccc2Cl)c(F)c1. The van der Waals surface area contributed by atoms with Crippen LogP contribution < -0.4 is 10.5 Å². The summed E-state index contributed by atoms with van der Waals surface area (Å²) < 4.78 is 19.3. The molecule has 2 aromatic carbocycles. The van der Waals surface area contributed by atoms with Gasteiger partial charge in [-0.3, -0.25) is 0 Å². The summed E-state index contributed by atoms with van der Waals surface area (Å²) in [6.07, 6.45) is 0. The van der Waals surface area contributed by atoms with E-state index in [0.717, 1.165) is 0 Å². The second kappa shape index (κ2) is 6.44. The fourth-order valence-electron chi connectivity index (χ4n) is 1.74. The molecule has 0 amide bonds. The third-order valence-corrected chi connectivity index (χ3v) is 3.62. The van der Waals surface area contributed by atoms with Crippen molar-refractivity contribution in [2.24, 2.45) is 5.73 Å². The molecule has 0 saturated heterocycles. The first-order valence-corrected chi connectivity index (χ1v) is 6.85. The Balaban J connectivity index is 2.15. The topological polar surface area (TPSA) is 35.2 Å². The van der Waals surface area contributed by atoms with Crippen LogP contribution in [0.4, 0.5) is 4.39 Å². The van der Waals surface area contributed by atoms with Crippen molar-refractivity contribution in [1.29, 1.82) is 0 Å². The molecule has 2 rings (SSSR count). The minimum Gasteiger partial charge on any atom is -0.486 e. The van der Waals surface area contributed by atoms with Gasteiger partial charge in [0, 0.05) is 21.7 Å². The van der Waals surface area contributed by atoms with Crippen molar-refractivity contribution in [1.82, 2.24) is 0 Å². The van der Waals surface area contributed by atoms with Crippen molar-refractivity contribution in [3.63, 3.8) is 0 Å². The first-order valence-electron chi connectivity index (χ1n) is 6.09. The van der Waals surface area contributed by atoms with E-state index in [0.29, 0.717) is 21.2 Å². The van der Waals surface area contributed by atoms with E-state index in [1.807, 2.05) is 0 Å². The standard InChI is InChI=1S/C15H14Cl2FNO/c1-9(19)10-5-6-15(14(18)7-10)20-8-11-12(16)3-2-4-13(11)17/h2-7,9H,8,19H2,1H3. The van der Waals surface area contributed by atoms with E-state index in [-0.39, 0.29) is 18.4 Å². The first kappa shape index (κ1) is 15.1. The maximum Gasteiger partial charge on any atom is 0.165 e. The molecule has 0 heterocycles. The molecule has 1 unspecified atom stereocenters. The lowest BCUT2D eigenvalue weighted by Crippen LogP contribution is -2.06. The molecule has 0 saturated carbocycles. The molecule has 0 aromatic heterocycles. The average Bonchev–Trinajstić information content (AvgIpc) is 2.39. The Bertz CT molecular complexity index is 597. The monoisotopic (exact) mass is 313 g/mol. The molecule has 0 aliphatic rings. The van der Waals surface area contributed by atoms with Crippen LogP contribution in [0.5, 0.6) is 5.75 Å². The Morgan fingerprint density at radius 3 is 2.40 bits per heavy atom. The van der Waals surface area contributed by atoms with Crippen molar-refractivity contribution < 1.29 is 9.13 Å². The largest absolute Gasteiger partial charge is 0.486 e. The van der Waals surface area contributed by atoms with Crippen LogP contribution in [0.1, 0.15) is 24.1 Å². The average molecular weight is 314 g/mol. The summed E-state index contributed by atoms with van der Waals surface area (Å²) in [4.78, 5) is 0. The van der Waals surface area contributed by atoms with Crippen LogP contribution in [-0.2, 0) is 6.61 Å². The quantitative estimate of drug-likeness (QED) is 0.885. The molecule has 106 valence electrons. The molecule has 20 heavy (non-hydrogen) atoms. The van der Waals surface area contributed by atoms with E-state index in [9.17, 15) is 4.39 Å². The summed E-state index contributed by atoms with van der Waals surface area (Å²) >= 11 is 12.1. The van der Waals surface area contributed by atoms with Crippen molar-refractivity contribution in [2.75, 3.05) is 0 Å². The summed E-state index contributed by atoms with van der Waals surface area (Å²) in [5.41, 5.74) is 7.04. The van der Waals surface area contributed by atoms with Gasteiger partial charge in [0.25, 0.3) is 0 Å². The minimum atomic E-state index is -0.456. The third kappa shape index (κ3) is 3.42. The fraction of sp³-hybridized carbons (Fsp3) is 0.200. The van der Waals surface area contributed by atoms with Gasteiger partial charge in [-0.25, -0.2) is 4.39 Å². The van der Waals surface area contributed by atoms with Gasteiger partial charge in [-0.05, 0) is 36.8 Å². The second-order valence-corrected chi connectivity index (χ2v) is 5.28. The van der Waals surface area contributed by atoms with Gasteiger partial charge in [-0.15, -0.1) is 0 Å². The van der Waals surface area contributed by atoms with Gasteiger partial charge in [-0.1, -0.05) is 35.3 Å². The van der Waals surface area contributed by atoms with Crippen LogP contribution in [0, 0.1) is 5.82 Å². The number of hydrogen-bond donors (Lipinski definition) is 1. The molecule has 0 radical (unpaired) electrons. The Morgan fingerprint density at radius 2 is 1.85 bits per heavy atom. The maximum atomic E-state index is 13.9. The molecule has 2 aromatic rings. The summed E-state index contributed by atoms with van der Waals surface area (Å²) in [7, 11) is 0. The van der Waals surface area contributed by atoms with Gasteiger partial charge in [-0.2, -0.15) is 0 Å². The first-order chi connectivity index (χ1) is 9.49. The summed E-state index contributed by atoms with van der Waals surface area (Å²) in [6.45, 7) is 1.89. The maximum absolute atomic E-state index is 13.9. The lowest BCUT2D eigenvalue weighted by Gasteiger charge is -2.12. The molecule has 0 aliphatic heterocycles. The van der Waals surface area contributed by atoms with Crippen LogP contribution in [0.25, 0.3) is 0 Å². The van der Waals surface area contributed by atoms with Crippen molar-refractivity contribution in [2.45, 2.75) is 19.6 Å². The fourth-order valence-corrected chi connectivity index (χ4v) is 2.24. The molecule has 0 fully saturated rings. The zero-order valence-electron chi connectivity index (χ0n) is 10.9. The van der Waals surface area contributed by atoms with Gasteiger partial charge >= 0.3 is 0 Å².